The third kappa shape index (κ3) is 2.39. The number of guanidine groups is 1. The summed E-state index contributed by atoms with van der Waals surface area (Å²) in [6.45, 7) is 0. The molecule has 1 aliphatic heterocycles. The molecule has 4 N–H and O–H groups in total. The minimum Gasteiger partial charge on any atom is -0.369 e. The lowest BCUT2D eigenvalue weighted by molar-refractivity contribution is 0.375. The van der Waals surface area contributed by atoms with Crippen LogP contribution in [0.3, 0.4) is 0 Å². The van der Waals surface area contributed by atoms with Gasteiger partial charge >= 0.3 is 0 Å². The van der Waals surface area contributed by atoms with Crippen LogP contribution in [0.5, 0.6) is 0 Å². The third-order valence-electron chi connectivity index (χ3n) is 3.78. The van der Waals surface area contributed by atoms with Gasteiger partial charge in [-0.25, -0.2) is 4.99 Å². The van der Waals surface area contributed by atoms with Gasteiger partial charge < -0.3 is 16.4 Å². The van der Waals surface area contributed by atoms with Crippen molar-refractivity contribution in [2.24, 2.45) is 16.5 Å². The first-order valence-corrected chi connectivity index (χ1v) is 7.94. The molecule has 4 nitrogen and oxygen atoms in total. The molecule has 0 radical (unpaired) electrons. The minimum atomic E-state index is -0.248. The van der Waals surface area contributed by atoms with Crippen LogP contribution in [-0.4, -0.2) is 24.2 Å². The molecule has 1 aliphatic rings. The van der Waals surface area contributed by atoms with Crippen LogP contribution in [-0.2, 0) is 0 Å². The summed E-state index contributed by atoms with van der Waals surface area (Å²) >= 11 is 1.74. The van der Waals surface area contributed by atoms with Crippen molar-refractivity contribution in [3.63, 3.8) is 0 Å². The zero-order valence-electron chi connectivity index (χ0n) is 12.1. The summed E-state index contributed by atoms with van der Waals surface area (Å²) in [7, 11) is 1.85. The normalized spacial score (nSPS) is 17.4. The Morgan fingerprint density at radius 2 is 1.95 bits per heavy atom. The van der Waals surface area contributed by atoms with Crippen molar-refractivity contribution < 1.29 is 0 Å². The lowest BCUT2D eigenvalue weighted by Gasteiger charge is -2.31. The number of hydrogen-bond donors (Lipinski definition) is 2. The number of thioether (sulfide) groups is 1. The number of nitrogens with two attached hydrogens (primary N) is 2. The Morgan fingerprint density at radius 3 is 2.71 bits per heavy atom. The van der Waals surface area contributed by atoms with Crippen molar-refractivity contribution in [2.75, 3.05) is 13.3 Å². The molecule has 0 aliphatic carbocycles. The summed E-state index contributed by atoms with van der Waals surface area (Å²) in [6.07, 6.45) is 1.83. The van der Waals surface area contributed by atoms with E-state index in [1.54, 1.807) is 16.7 Å². The van der Waals surface area contributed by atoms with Gasteiger partial charge in [0.2, 0.25) is 0 Å². The average molecular weight is 298 g/mol. The first-order chi connectivity index (χ1) is 10.1. The van der Waals surface area contributed by atoms with Crippen LogP contribution in [0.25, 0.3) is 11.1 Å². The summed E-state index contributed by atoms with van der Waals surface area (Å²) in [5.41, 5.74) is 16.3. The Kier molecular flexibility index (Phi) is 3.61. The van der Waals surface area contributed by atoms with Crippen LogP contribution in [0.4, 0.5) is 5.69 Å². The van der Waals surface area contributed by atoms with E-state index < -0.39 is 0 Å². The van der Waals surface area contributed by atoms with E-state index >= 15 is 0 Å². The predicted octanol–water partition coefficient (Wildman–Crippen LogP) is 2.92. The van der Waals surface area contributed by atoms with Crippen LogP contribution in [0.15, 0.2) is 52.4 Å². The molecule has 1 heterocycles. The fraction of sp³-hybridized carbons (Fsp3) is 0.188. The highest BCUT2D eigenvalue weighted by Crippen LogP contribution is 2.36. The van der Waals surface area contributed by atoms with E-state index in [1.165, 1.54) is 10.5 Å². The van der Waals surface area contributed by atoms with Crippen molar-refractivity contribution in [2.45, 2.75) is 11.1 Å². The molecule has 0 amide bonds. The Bertz CT molecular complexity index is 711. The first kappa shape index (κ1) is 14.0. The van der Waals surface area contributed by atoms with Crippen LogP contribution >= 0.6 is 11.8 Å². The van der Waals surface area contributed by atoms with Crippen LogP contribution in [0, 0.1) is 0 Å². The molecule has 0 bridgehead atoms. The number of fused-ring (bicyclic) bond motifs is 1. The van der Waals surface area contributed by atoms with Gasteiger partial charge in [0.25, 0.3) is 0 Å². The summed E-state index contributed by atoms with van der Waals surface area (Å²) in [5, 5.41) is 0. The standard InChI is InChI=1S/C16H18N4S/c1-20-15(17)12-8-7-10(9-13(12)19-16(20)18)11-5-3-4-6-14(11)21-2/h3-9,15H,17H2,1-2H3,(H2,18,19). The second kappa shape index (κ2) is 5.42. The van der Waals surface area contributed by atoms with E-state index in [0.29, 0.717) is 5.96 Å². The van der Waals surface area contributed by atoms with Gasteiger partial charge in [0.05, 0.1) is 5.69 Å². The summed E-state index contributed by atoms with van der Waals surface area (Å²) in [4.78, 5) is 7.47. The van der Waals surface area contributed by atoms with E-state index in [4.69, 9.17) is 11.5 Å². The van der Waals surface area contributed by atoms with Crippen molar-refractivity contribution in [1.29, 1.82) is 0 Å². The Hall–Kier alpha value is -1.98. The lowest BCUT2D eigenvalue weighted by atomic mass is 10.00. The average Bonchev–Trinajstić information content (AvgIpc) is 2.52. The predicted molar refractivity (Wildman–Crippen MR) is 89.6 cm³/mol. The molecule has 0 spiro atoms. The number of nitrogens with zero attached hydrogens (tertiary/aromatic N) is 2. The van der Waals surface area contributed by atoms with Gasteiger partial charge in [0, 0.05) is 17.5 Å². The van der Waals surface area contributed by atoms with Crippen LogP contribution in [0.1, 0.15) is 11.7 Å². The number of aliphatic imine (C=N–C) groups is 1. The second-order valence-electron chi connectivity index (χ2n) is 5.00. The SMILES string of the molecule is CSc1ccccc1-c1ccc2c(c1)N=C(N)N(C)C2N. The molecule has 2 aromatic rings. The van der Waals surface area contributed by atoms with Crippen LogP contribution in [0.2, 0.25) is 0 Å². The van der Waals surface area contributed by atoms with Crippen molar-refractivity contribution in [3.8, 4) is 11.1 Å². The largest absolute Gasteiger partial charge is 0.369 e. The molecular weight excluding hydrogens is 280 g/mol. The smallest absolute Gasteiger partial charge is 0.197 e. The van der Waals surface area contributed by atoms with Crippen molar-refractivity contribution >= 4 is 23.4 Å². The summed E-state index contributed by atoms with van der Waals surface area (Å²) in [5.74, 6) is 0.449. The van der Waals surface area contributed by atoms with Gasteiger partial charge in [-0.15, -0.1) is 11.8 Å². The fourth-order valence-electron chi connectivity index (χ4n) is 2.49. The maximum absolute atomic E-state index is 6.19. The maximum Gasteiger partial charge on any atom is 0.197 e. The quantitative estimate of drug-likeness (QED) is 0.837. The number of benzene rings is 2. The van der Waals surface area contributed by atoms with E-state index in [0.717, 1.165) is 16.8 Å². The van der Waals surface area contributed by atoms with E-state index in [2.05, 4.69) is 41.6 Å². The molecule has 0 aromatic heterocycles. The minimum absolute atomic E-state index is 0.248. The van der Waals surface area contributed by atoms with Gasteiger partial charge in [-0.2, -0.15) is 0 Å². The monoisotopic (exact) mass is 298 g/mol. The van der Waals surface area contributed by atoms with Crippen molar-refractivity contribution in [3.05, 3.63) is 48.0 Å². The molecule has 3 rings (SSSR count). The number of hydrogen-bond acceptors (Lipinski definition) is 5. The van der Waals surface area contributed by atoms with Gasteiger partial charge in [0.1, 0.15) is 6.17 Å². The molecular formula is C16H18N4S. The molecule has 1 unspecified atom stereocenters. The molecule has 2 aromatic carbocycles. The highest BCUT2D eigenvalue weighted by Gasteiger charge is 2.23. The molecule has 0 fully saturated rings. The van der Waals surface area contributed by atoms with E-state index in [9.17, 15) is 0 Å². The zero-order chi connectivity index (χ0) is 15.0. The summed E-state index contributed by atoms with van der Waals surface area (Å²) in [6, 6.07) is 14.5. The first-order valence-electron chi connectivity index (χ1n) is 6.71. The highest BCUT2D eigenvalue weighted by molar-refractivity contribution is 7.98. The molecule has 0 saturated carbocycles. The molecule has 108 valence electrons. The molecule has 21 heavy (non-hydrogen) atoms. The van der Waals surface area contributed by atoms with E-state index in [-0.39, 0.29) is 6.17 Å². The Labute approximate surface area is 128 Å². The van der Waals surface area contributed by atoms with Gasteiger partial charge in [-0.05, 0) is 29.5 Å². The third-order valence-corrected chi connectivity index (χ3v) is 4.58. The molecule has 0 saturated heterocycles. The van der Waals surface area contributed by atoms with Gasteiger partial charge in [0.15, 0.2) is 5.96 Å². The maximum atomic E-state index is 6.19. The number of rotatable bonds is 2. The molecule has 5 heteroatoms. The van der Waals surface area contributed by atoms with E-state index in [1.807, 2.05) is 19.2 Å². The second-order valence-corrected chi connectivity index (χ2v) is 5.85. The topological polar surface area (TPSA) is 67.6 Å². The van der Waals surface area contributed by atoms with Gasteiger partial charge in [-0.3, -0.25) is 0 Å². The van der Waals surface area contributed by atoms with Gasteiger partial charge in [-0.1, -0.05) is 30.3 Å². The lowest BCUT2D eigenvalue weighted by Crippen LogP contribution is -2.42. The van der Waals surface area contributed by atoms with Crippen molar-refractivity contribution in [1.82, 2.24) is 4.90 Å². The zero-order valence-corrected chi connectivity index (χ0v) is 12.9. The summed E-state index contributed by atoms with van der Waals surface area (Å²) < 4.78 is 0. The fourth-order valence-corrected chi connectivity index (χ4v) is 3.12. The highest BCUT2D eigenvalue weighted by atomic mass is 32.2. The Balaban J connectivity index is 2.12. The Morgan fingerprint density at radius 1 is 1.19 bits per heavy atom. The van der Waals surface area contributed by atoms with Crippen LogP contribution < -0.4 is 11.5 Å². The molecule has 1 atom stereocenters.